The second-order valence-electron chi connectivity index (χ2n) is 15.3. The molecule has 0 bridgehead atoms. The largest absolute Gasteiger partial charge is 0.310 e. The van der Waals surface area contributed by atoms with Gasteiger partial charge >= 0.3 is 0 Å². The number of allylic oxidation sites excluding steroid dienone is 6. The molecule has 0 saturated heterocycles. The first-order valence-electron chi connectivity index (χ1n) is 21.4. The van der Waals surface area contributed by atoms with Crippen LogP contribution in [-0.4, -0.2) is 0 Å². The predicted octanol–water partition coefficient (Wildman–Crippen LogP) is 15.0. The van der Waals surface area contributed by atoms with Crippen molar-refractivity contribution in [3.8, 4) is 33.4 Å². The van der Waals surface area contributed by atoms with Gasteiger partial charge in [0, 0.05) is 17.1 Å². The molecule has 0 spiro atoms. The van der Waals surface area contributed by atoms with Gasteiger partial charge in [-0.15, -0.1) is 0 Å². The smallest absolute Gasteiger partial charge is 0.0714 e. The molecule has 0 fully saturated rings. The second kappa shape index (κ2) is 14.8. The second-order valence-corrected chi connectivity index (χ2v) is 15.3. The molecule has 7 aromatic rings. The summed E-state index contributed by atoms with van der Waals surface area (Å²) in [5.41, 5.74) is 17.3. The summed E-state index contributed by atoms with van der Waals surface area (Å²) in [5.74, 6) is 0. The third kappa shape index (κ3) is 5.77. The van der Waals surface area contributed by atoms with Crippen LogP contribution >= 0.6 is 0 Å². The molecule has 0 saturated carbocycles. The Labute approximate surface area is 345 Å². The van der Waals surface area contributed by atoms with Gasteiger partial charge in [0.15, 0.2) is 0 Å². The van der Waals surface area contributed by atoms with Gasteiger partial charge in [0.2, 0.25) is 0 Å². The molecule has 1 unspecified atom stereocenters. The molecule has 0 radical (unpaired) electrons. The monoisotopic (exact) mass is 745 g/mol. The third-order valence-corrected chi connectivity index (χ3v) is 12.2. The van der Waals surface area contributed by atoms with Crippen LogP contribution in [0.25, 0.3) is 45.5 Å². The van der Waals surface area contributed by atoms with Gasteiger partial charge in [-0.05, 0) is 146 Å². The van der Waals surface area contributed by atoms with E-state index in [9.17, 15) is 2.74 Å². The van der Waals surface area contributed by atoms with Crippen molar-refractivity contribution in [1.29, 1.82) is 0 Å². The van der Waals surface area contributed by atoms with Gasteiger partial charge in [-0.1, -0.05) is 171 Å². The molecule has 3 aliphatic rings. The van der Waals surface area contributed by atoms with E-state index in [2.05, 4.69) is 164 Å². The first kappa shape index (κ1) is 33.2. The lowest BCUT2D eigenvalue weighted by molar-refractivity contribution is 0.767. The summed E-state index contributed by atoms with van der Waals surface area (Å²) in [6.07, 6.45) is 19.3. The highest BCUT2D eigenvalue weighted by atomic mass is 15.1. The first-order valence-corrected chi connectivity index (χ1v) is 20.4. The summed E-state index contributed by atoms with van der Waals surface area (Å²) in [6.45, 7) is 8.44. The minimum Gasteiger partial charge on any atom is -0.310 e. The standard InChI is InChI=1S/C57H45N/c1-3-18-44(4-2)57(45-23-9-6-10-24-45)55-30-16-15-29-52(55)53-36-35-48(39-56(53)57)58(47-25-17-22-42(37-47)40-19-7-5-8-20-40)46-33-31-41(32-34-46)54-38-43-21-11-12-26-49(43)50-27-13-14-28-51(50)54/h3-11,14-25,28-39H,1-2,12-13,26-27H2/b44-18+/i35D,39D. The van der Waals surface area contributed by atoms with Gasteiger partial charge in [-0.3, -0.25) is 0 Å². The minimum atomic E-state index is -0.877. The molecule has 3 aliphatic carbocycles. The Bertz CT molecular complexity index is 2920. The number of hydrogen-bond donors (Lipinski definition) is 0. The molecular formula is C57H45N. The lowest BCUT2D eigenvalue weighted by Gasteiger charge is -2.35. The molecule has 0 aliphatic heterocycles. The molecule has 0 aromatic heterocycles. The van der Waals surface area contributed by atoms with Crippen LogP contribution < -0.4 is 4.90 Å². The van der Waals surface area contributed by atoms with Crippen LogP contribution in [0.5, 0.6) is 0 Å². The highest BCUT2D eigenvalue weighted by Gasteiger charge is 2.46. The fourth-order valence-electron chi connectivity index (χ4n) is 9.67. The van der Waals surface area contributed by atoms with Crippen molar-refractivity contribution >= 4 is 29.2 Å². The number of hydrogen-bond acceptors (Lipinski definition) is 1. The van der Waals surface area contributed by atoms with Gasteiger partial charge in [0.25, 0.3) is 0 Å². The predicted molar refractivity (Wildman–Crippen MR) is 247 cm³/mol. The number of rotatable bonds is 9. The Morgan fingerprint density at radius 2 is 1.29 bits per heavy atom. The van der Waals surface area contributed by atoms with E-state index in [-0.39, 0.29) is 6.04 Å². The van der Waals surface area contributed by atoms with E-state index in [1.807, 2.05) is 36.4 Å². The Morgan fingerprint density at radius 1 is 0.586 bits per heavy atom. The fraction of sp³-hybridized carbons (Fsp3) is 0.0877. The zero-order valence-electron chi connectivity index (χ0n) is 34.6. The van der Waals surface area contributed by atoms with Crippen molar-refractivity contribution in [3.05, 3.63) is 246 Å². The molecule has 0 N–H and O–H groups in total. The normalized spacial score (nSPS) is 16.7. The van der Waals surface area contributed by atoms with E-state index in [1.165, 1.54) is 27.8 Å². The van der Waals surface area contributed by atoms with Crippen LogP contribution in [0.3, 0.4) is 0 Å². The average molecular weight is 746 g/mol. The molecule has 1 heteroatoms. The molecule has 0 heterocycles. The van der Waals surface area contributed by atoms with Gasteiger partial charge in [0.1, 0.15) is 0 Å². The number of nitrogens with zero attached hydrogens (tertiary/aromatic N) is 1. The van der Waals surface area contributed by atoms with Crippen LogP contribution in [0.4, 0.5) is 17.1 Å². The molecule has 0 amide bonds. The highest BCUT2D eigenvalue weighted by Crippen LogP contribution is 2.58. The molecule has 7 aromatic carbocycles. The summed E-state index contributed by atoms with van der Waals surface area (Å²) in [6, 6.07) is 51.4. The van der Waals surface area contributed by atoms with Crippen molar-refractivity contribution < 1.29 is 2.74 Å². The van der Waals surface area contributed by atoms with E-state index in [0.717, 1.165) is 87.1 Å². The van der Waals surface area contributed by atoms with Crippen LogP contribution in [0.1, 0.15) is 54.5 Å². The molecule has 58 heavy (non-hydrogen) atoms. The van der Waals surface area contributed by atoms with Gasteiger partial charge < -0.3 is 4.90 Å². The fourth-order valence-corrected chi connectivity index (χ4v) is 9.67. The molecule has 1 nitrogen and oxygen atoms in total. The first-order chi connectivity index (χ1) is 29.5. The van der Waals surface area contributed by atoms with E-state index in [1.54, 1.807) is 6.08 Å². The Kier molecular flexibility index (Phi) is 8.50. The highest BCUT2D eigenvalue weighted by molar-refractivity contribution is 5.91. The number of fused-ring (bicyclic) bond motifs is 6. The zero-order chi connectivity index (χ0) is 40.8. The average Bonchev–Trinajstić information content (AvgIpc) is 3.60. The van der Waals surface area contributed by atoms with E-state index < -0.39 is 5.41 Å². The summed E-state index contributed by atoms with van der Waals surface area (Å²) in [7, 11) is 0. The van der Waals surface area contributed by atoms with Crippen molar-refractivity contribution in [3.63, 3.8) is 0 Å². The van der Waals surface area contributed by atoms with Crippen LogP contribution in [-0.2, 0) is 18.3 Å². The van der Waals surface area contributed by atoms with Crippen LogP contribution in [0, 0.1) is 0 Å². The van der Waals surface area contributed by atoms with Crippen LogP contribution in [0.15, 0.2) is 207 Å². The molecular weight excluding hydrogens is 699 g/mol. The van der Waals surface area contributed by atoms with Crippen molar-refractivity contribution in [2.75, 3.05) is 4.90 Å². The summed E-state index contributed by atoms with van der Waals surface area (Å²) in [4.78, 5) is 2.12. The maximum atomic E-state index is 10.5. The topological polar surface area (TPSA) is 3.24 Å². The maximum Gasteiger partial charge on any atom is 0.0714 e. The minimum absolute atomic E-state index is 0.278. The van der Waals surface area contributed by atoms with E-state index in [4.69, 9.17) is 0 Å². The lowest BCUT2D eigenvalue weighted by atomic mass is 9.67. The summed E-state index contributed by atoms with van der Waals surface area (Å²) >= 11 is 0. The van der Waals surface area contributed by atoms with Crippen molar-refractivity contribution in [2.24, 2.45) is 0 Å². The van der Waals surface area contributed by atoms with E-state index >= 15 is 0 Å². The molecule has 1 atom stereocenters. The van der Waals surface area contributed by atoms with Crippen LogP contribution in [0.2, 0.25) is 0 Å². The van der Waals surface area contributed by atoms with Gasteiger partial charge in [0.05, 0.1) is 8.16 Å². The molecule has 10 rings (SSSR count). The summed E-state index contributed by atoms with van der Waals surface area (Å²) < 4.78 is 20.4. The SMILES string of the molecule is [2H]c1cc2c(c([2H])c1N(c1ccc(-c3cc4c(c5c3C=CCC5)CCC=C4)cc1)c1cccc(-c3ccccc3)c1)C(/C(C=C)=C/C=C)(c1ccccc1)c1ccccc1-2. The van der Waals surface area contributed by atoms with Gasteiger partial charge in [-0.2, -0.15) is 0 Å². The third-order valence-electron chi connectivity index (χ3n) is 12.2. The quantitative estimate of drug-likeness (QED) is 0.133. The van der Waals surface area contributed by atoms with Crippen molar-refractivity contribution in [1.82, 2.24) is 0 Å². The number of anilines is 3. The Morgan fingerprint density at radius 3 is 2.09 bits per heavy atom. The van der Waals surface area contributed by atoms with Crippen molar-refractivity contribution in [2.45, 2.75) is 31.1 Å². The number of benzene rings is 7. The van der Waals surface area contributed by atoms with Gasteiger partial charge in [-0.25, -0.2) is 0 Å². The summed E-state index contributed by atoms with van der Waals surface area (Å²) in [5, 5.41) is 0. The maximum absolute atomic E-state index is 10.5. The lowest BCUT2D eigenvalue weighted by Crippen LogP contribution is -2.29. The van der Waals surface area contributed by atoms with E-state index in [0.29, 0.717) is 11.7 Å². The zero-order valence-corrected chi connectivity index (χ0v) is 32.6. The Hall–Kier alpha value is -6.96. The molecule has 278 valence electrons. The Balaban J connectivity index is 1.22.